The third-order valence-electron chi connectivity index (χ3n) is 2.35. The van der Waals surface area contributed by atoms with Crippen LogP contribution in [0.2, 0.25) is 10.0 Å². The van der Waals surface area contributed by atoms with Gasteiger partial charge in [0.1, 0.15) is 0 Å². The van der Waals surface area contributed by atoms with E-state index in [9.17, 15) is 4.79 Å². The Hall–Kier alpha value is -1.51. The van der Waals surface area contributed by atoms with E-state index in [1.165, 1.54) is 0 Å². The molecule has 0 fully saturated rings. The van der Waals surface area contributed by atoms with Crippen LogP contribution in [0.4, 0.5) is 5.69 Å². The van der Waals surface area contributed by atoms with E-state index in [-0.39, 0.29) is 5.78 Å². The molecule has 0 atom stereocenters. The van der Waals surface area contributed by atoms with Crippen molar-refractivity contribution in [2.75, 3.05) is 5.73 Å². The van der Waals surface area contributed by atoms with E-state index >= 15 is 0 Å². The van der Waals surface area contributed by atoms with Crippen molar-refractivity contribution in [1.29, 1.82) is 0 Å². The fourth-order valence-electron chi connectivity index (χ4n) is 1.46. The highest BCUT2D eigenvalue weighted by molar-refractivity contribution is 6.37. The Morgan fingerprint density at radius 1 is 1.00 bits per heavy atom. The zero-order chi connectivity index (χ0) is 12.4. The lowest BCUT2D eigenvalue weighted by Gasteiger charge is -2.04. The first-order valence-corrected chi connectivity index (χ1v) is 5.69. The molecule has 0 spiro atoms. The summed E-state index contributed by atoms with van der Waals surface area (Å²) in [5, 5.41) is 0.850. The van der Waals surface area contributed by atoms with Crippen molar-refractivity contribution >= 4 is 34.7 Å². The molecule has 0 saturated heterocycles. The topological polar surface area (TPSA) is 43.1 Å². The maximum absolute atomic E-state index is 12.1. The zero-order valence-corrected chi connectivity index (χ0v) is 10.3. The highest BCUT2D eigenvalue weighted by atomic mass is 35.5. The van der Waals surface area contributed by atoms with Crippen molar-refractivity contribution in [3.63, 3.8) is 0 Å². The Bertz CT molecular complexity index is 564. The minimum atomic E-state index is -0.147. The van der Waals surface area contributed by atoms with Gasteiger partial charge in [-0.05, 0) is 42.5 Å². The van der Waals surface area contributed by atoms with Crippen LogP contribution in [0.25, 0.3) is 0 Å². The first-order chi connectivity index (χ1) is 8.08. The van der Waals surface area contributed by atoms with E-state index in [2.05, 4.69) is 0 Å². The molecule has 0 saturated carbocycles. The molecule has 86 valence electrons. The summed E-state index contributed by atoms with van der Waals surface area (Å²) in [6, 6.07) is 11.5. The molecular weight excluding hydrogens is 257 g/mol. The Morgan fingerprint density at radius 3 is 2.24 bits per heavy atom. The number of carbonyl (C=O) groups excluding carboxylic acids is 1. The molecule has 0 aliphatic rings. The summed E-state index contributed by atoms with van der Waals surface area (Å²) >= 11 is 11.8. The summed E-state index contributed by atoms with van der Waals surface area (Å²) in [6.45, 7) is 0. The van der Waals surface area contributed by atoms with E-state index in [1.54, 1.807) is 42.5 Å². The van der Waals surface area contributed by atoms with Gasteiger partial charge in [0.15, 0.2) is 5.78 Å². The Balaban J connectivity index is 2.40. The van der Waals surface area contributed by atoms with Crippen LogP contribution >= 0.6 is 23.2 Å². The van der Waals surface area contributed by atoms with E-state index in [1.807, 2.05) is 0 Å². The molecule has 0 radical (unpaired) electrons. The van der Waals surface area contributed by atoms with Crippen LogP contribution in [-0.4, -0.2) is 5.78 Å². The molecule has 2 aromatic rings. The quantitative estimate of drug-likeness (QED) is 0.663. The average molecular weight is 266 g/mol. The van der Waals surface area contributed by atoms with Crippen LogP contribution in [-0.2, 0) is 0 Å². The maximum atomic E-state index is 12.1. The van der Waals surface area contributed by atoms with Crippen molar-refractivity contribution in [1.82, 2.24) is 0 Å². The van der Waals surface area contributed by atoms with E-state index in [0.717, 1.165) is 0 Å². The summed E-state index contributed by atoms with van der Waals surface area (Å²) in [5.74, 6) is -0.147. The van der Waals surface area contributed by atoms with Gasteiger partial charge in [0.2, 0.25) is 0 Å². The molecule has 2 nitrogen and oxygen atoms in total. The van der Waals surface area contributed by atoms with Crippen LogP contribution in [0.1, 0.15) is 15.9 Å². The summed E-state index contributed by atoms with van der Waals surface area (Å²) in [7, 11) is 0. The number of rotatable bonds is 2. The largest absolute Gasteiger partial charge is 0.399 e. The van der Waals surface area contributed by atoms with E-state index in [0.29, 0.717) is 26.9 Å². The van der Waals surface area contributed by atoms with Gasteiger partial charge in [-0.3, -0.25) is 4.79 Å². The van der Waals surface area contributed by atoms with E-state index in [4.69, 9.17) is 28.9 Å². The van der Waals surface area contributed by atoms with Gasteiger partial charge in [-0.15, -0.1) is 0 Å². The van der Waals surface area contributed by atoms with Gasteiger partial charge in [0.25, 0.3) is 0 Å². The monoisotopic (exact) mass is 265 g/mol. The second kappa shape index (κ2) is 4.78. The lowest BCUT2D eigenvalue weighted by molar-refractivity contribution is 0.103. The predicted octanol–water partition coefficient (Wildman–Crippen LogP) is 3.81. The van der Waals surface area contributed by atoms with Crippen molar-refractivity contribution in [3.05, 3.63) is 63.6 Å². The molecular formula is C13H9Cl2NO. The molecule has 0 unspecified atom stereocenters. The van der Waals surface area contributed by atoms with Gasteiger partial charge < -0.3 is 5.73 Å². The third-order valence-corrected chi connectivity index (χ3v) is 2.90. The number of benzene rings is 2. The fraction of sp³-hybridized carbons (Fsp3) is 0. The normalized spacial score (nSPS) is 10.2. The smallest absolute Gasteiger partial charge is 0.194 e. The van der Waals surface area contributed by atoms with Crippen LogP contribution in [0.15, 0.2) is 42.5 Å². The van der Waals surface area contributed by atoms with Gasteiger partial charge in [-0.2, -0.15) is 0 Å². The maximum Gasteiger partial charge on any atom is 0.194 e. The molecule has 0 bridgehead atoms. The first-order valence-electron chi connectivity index (χ1n) is 4.93. The molecule has 0 aliphatic heterocycles. The molecule has 0 amide bonds. The van der Waals surface area contributed by atoms with Crippen molar-refractivity contribution in [3.8, 4) is 0 Å². The number of nitrogens with two attached hydrogens (primary N) is 1. The average Bonchev–Trinajstić information content (AvgIpc) is 2.29. The lowest BCUT2D eigenvalue weighted by Crippen LogP contribution is -2.02. The third kappa shape index (κ3) is 2.60. The van der Waals surface area contributed by atoms with Crippen molar-refractivity contribution in [2.24, 2.45) is 0 Å². The number of hydrogen-bond acceptors (Lipinski definition) is 2. The molecule has 0 heterocycles. The highest BCUT2D eigenvalue weighted by Gasteiger charge is 2.12. The lowest BCUT2D eigenvalue weighted by atomic mass is 10.0. The van der Waals surface area contributed by atoms with E-state index < -0.39 is 0 Å². The number of nitrogen functional groups attached to an aromatic ring is 1. The molecule has 4 heteroatoms. The van der Waals surface area contributed by atoms with Gasteiger partial charge in [-0.25, -0.2) is 0 Å². The highest BCUT2D eigenvalue weighted by Crippen LogP contribution is 2.23. The number of halogens is 2. The van der Waals surface area contributed by atoms with Crippen LogP contribution in [0, 0.1) is 0 Å². The van der Waals surface area contributed by atoms with Gasteiger partial charge in [0.05, 0.1) is 5.02 Å². The van der Waals surface area contributed by atoms with Crippen LogP contribution in [0.3, 0.4) is 0 Å². The molecule has 2 rings (SSSR count). The fourth-order valence-corrected chi connectivity index (χ4v) is 1.96. The second-order valence-corrected chi connectivity index (χ2v) is 4.42. The Labute approximate surface area is 109 Å². The number of ketones is 1. The predicted molar refractivity (Wildman–Crippen MR) is 70.7 cm³/mol. The molecule has 2 aromatic carbocycles. The molecule has 17 heavy (non-hydrogen) atoms. The number of anilines is 1. The van der Waals surface area contributed by atoms with Crippen molar-refractivity contribution < 1.29 is 4.79 Å². The van der Waals surface area contributed by atoms with Crippen LogP contribution < -0.4 is 5.73 Å². The Kier molecular flexibility index (Phi) is 3.36. The Morgan fingerprint density at radius 2 is 1.65 bits per heavy atom. The summed E-state index contributed by atoms with van der Waals surface area (Å²) in [6.07, 6.45) is 0. The summed E-state index contributed by atoms with van der Waals surface area (Å²) in [4.78, 5) is 12.1. The van der Waals surface area contributed by atoms with Crippen molar-refractivity contribution in [2.45, 2.75) is 0 Å². The SMILES string of the molecule is Nc1ccc(C(=O)c2ccc(Cl)cc2Cl)cc1. The number of hydrogen-bond donors (Lipinski definition) is 1. The molecule has 0 aromatic heterocycles. The second-order valence-electron chi connectivity index (χ2n) is 3.58. The minimum absolute atomic E-state index is 0.147. The molecule has 2 N–H and O–H groups in total. The first kappa shape index (κ1) is 12.0. The standard InChI is InChI=1S/C13H9Cl2NO/c14-9-3-6-11(12(15)7-9)13(17)8-1-4-10(16)5-2-8/h1-7H,16H2. The summed E-state index contributed by atoms with van der Waals surface area (Å²) in [5.41, 5.74) is 7.15. The summed E-state index contributed by atoms with van der Waals surface area (Å²) < 4.78 is 0. The minimum Gasteiger partial charge on any atom is -0.399 e. The zero-order valence-electron chi connectivity index (χ0n) is 8.78. The van der Waals surface area contributed by atoms with Gasteiger partial charge >= 0.3 is 0 Å². The molecule has 0 aliphatic carbocycles. The number of carbonyl (C=O) groups is 1. The van der Waals surface area contributed by atoms with Gasteiger partial charge in [-0.1, -0.05) is 23.2 Å². The van der Waals surface area contributed by atoms with Crippen LogP contribution in [0.5, 0.6) is 0 Å². The van der Waals surface area contributed by atoms with Gasteiger partial charge in [0, 0.05) is 21.8 Å².